The number of carbonyl (C=O) groups is 1. The minimum absolute atomic E-state index is 0.102. The van der Waals surface area contributed by atoms with Gasteiger partial charge in [-0.3, -0.25) is 9.69 Å². The molecule has 2 N–H and O–H groups in total. The first kappa shape index (κ1) is 27.5. The van der Waals surface area contributed by atoms with Gasteiger partial charge in [0.05, 0.1) is 17.8 Å². The zero-order valence-electron chi connectivity index (χ0n) is 23.3. The van der Waals surface area contributed by atoms with E-state index in [0.717, 1.165) is 51.3 Å². The highest BCUT2D eigenvalue weighted by Crippen LogP contribution is 2.32. The summed E-state index contributed by atoms with van der Waals surface area (Å²) in [6.07, 6.45) is 0.799. The monoisotopic (exact) mass is 519 g/mol. The molecule has 2 aromatic carbocycles. The number of benzene rings is 2. The lowest BCUT2D eigenvalue weighted by atomic mass is 10.0. The van der Waals surface area contributed by atoms with Crippen LogP contribution in [0.25, 0.3) is 11.4 Å². The molecule has 4 rings (SSSR count). The summed E-state index contributed by atoms with van der Waals surface area (Å²) in [5, 5.41) is 0. The molecule has 202 valence electrons. The molecule has 0 saturated carbocycles. The zero-order valence-corrected chi connectivity index (χ0v) is 23.3. The number of anilines is 1. The average molecular weight is 520 g/mol. The maximum Gasteiger partial charge on any atom is 0.231 e. The molecule has 1 atom stereocenters. The van der Waals surface area contributed by atoms with E-state index < -0.39 is 0 Å². The molecule has 8 heteroatoms. The van der Waals surface area contributed by atoms with Gasteiger partial charge in [0.2, 0.25) is 5.91 Å². The van der Waals surface area contributed by atoms with Gasteiger partial charge in [-0.15, -0.1) is 0 Å². The largest absolute Gasteiger partial charge is 0.485 e. The van der Waals surface area contributed by atoms with Crippen LogP contribution in [-0.2, 0) is 17.8 Å². The number of primary amides is 1. The summed E-state index contributed by atoms with van der Waals surface area (Å²) >= 11 is 0. The Morgan fingerprint density at radius 1 is 1.11 bits per heavy atom. The number of amides is 1. The summed E-state index contributed by atoms with van der Waals surface area (Å²) in [7, 11) is 0. The Bertz CT molecular complexity index is 1320. The third-order valence-electron chi connectivity index (χ3n) is 7.53. The van der Waals surface area contributed by atoms with Crippen molar-refractivity contribution in [1.29, 1.82) is 0 Å². The van der Waals surface area contributed by atoms with Crippen molar-refractivity contribution in [2.24, 2.45) is 5.73 Å². The Morgan fingerprint density at radius 3 is 2.45 bits per heavy atom. The van der Waals surface area contributed by atoms with E-state index in [2.05, 4.69) is 42.7 Å². The van der Waals surface area contributed by atoms with Crippen molar-refractivity contribution >= 4 is 11.7 Å². The Hall–Kier alpha value is -3.52. The molecule has 0 bridgehead atoms. The first-order valence-corrected chi connectivity index (χ1v) is 13.2. The molecule has 0 spiro atoms. The molecule has 38 heavy (non-hydrogen) atoms. The second kappa shape index (κ2) is 11.5. The minimum atomic E-state index is -0.374. The Labute approximate surface area is 224 Å². The van der Waals surface area contributed by atoms with Gasteiger partial charge < -0.3 is 15.4 Å². The zero-order chi connectivity index (χ0) is 27.6. The van der Waals surface area contributed by atoms with Crippen LogP contribution in [0.4, 0.5) is 10.2 Å². The number of nitrogens with two attached hydrogens (primary N) is 1. The van der Waals surface area contributed by atoms with Crippen LogP contribution in [0.1, 0.15) is 47.4 Å². The average Bonchev–Trinajstić information content (AvgIpc) is 2.85. The maximum atomic E-state index is 14.8. The van der Waals surface area contributed by atoms with Gasteiger partial charge in [0.25, 0.3) is 0 Å². The van der Waals surface area contributed by atoms with Crippen molar-refractivity contribution < 1.29 is 13.9 Å². The molecule has 3 aromatic rings. The van der Waals surface area contributed by atoms with E-state index in [4.69, 9.17) is 20.4 Å². The molecule has 1 saturated heterocycles. The van der Waals surface area contributed by atoms with Crippen molar-refractivity contribution in [3.05, 3.63) is 69.7 Å². The number of piperazine rings is 1. The molecule has 7 nitrogen and oxygen atoms in total. The number of hydrogen-bond acceptors (Lipinski definition) is 6. The standard InChI is InChI=1S/C30H38FN5O2/c1-7-23-11-12-25(31)28(21(23)5)38-17-24-22(6)33-29(27-18(2)9-8-10-19(27)3)34-30(24)36-14-13-35(16-26(32)37)20(4)15-36/h8-12,20H,7,13-17H2,1-6H3,(H2,32,37). The fourth-order valence-corrected chi connectivity index (χ4v) is 5.32. The van der Waals surface area contributed by atoms with Crippen LogP contribution in [-0.4, -0.2) is 53.0 Å². The first-order chi connectivity index (χ1) is 18.1. The normalized spacial score (nSPS) is 16.1. The first-order valence-electron chi connectivity index (χ1n) is 13.2. The number of rotatable bonds is 8. The smallest absolute Gasteiger partial charge is 0.231 e. The van der Waals surface area contributed by atoms with Crippen molar-refractivity contribution in [1.82, 2.24) is 14.9 Å². The van der Waals surface area contributed by atoms with Crippen LogP contribution in [0.3, 0.4) is 0 Å². The quantitative estimate of drug-likeness (QED) is 0.466. The van der Waals surface area contributed by atoms with Crippen LogP contribution >= 0.6 is 0 Å². The lowest BCUT2D eigenvalue weighted by Crippen LogP contribution is -2.54. The maximum absolute atomic E-state index is 14.8. The lowest BCUT2D eigenvalue weighted by Gasteiger charge is -2.40. The Kier molecular flexibility index (Phi) is 8.31. The van der Waals surface area contributed by atoms with Crippen LogP contribution in [0, 0.1) is 33.5 Å². The second-order valence-electron chi connectivity index (χ2n) is 10.2. The number of ether oxygens (including phenoxy) is 1. The molecular formula is C30H38FN5O2. The van der Waals surface area contributed by atoms with E-state index in [0.29, 0.717) is 25.5 Å². The fraction of sp³-hybridized carbons (Fsp3) is 0.433. The van der Waals surface area contributed by atoms with E-state index in [1.807, 2.05) is 32.9 Å². The lowest BCUT2D eigenvalue weighted by molar-refractivity contribution is -0.119. The Morgan fingerprint density at radius 2 is 1.82 bits per heavy atom. The van der Waals surface area contributed by atoms with Gasteiger partial charge in [-0.05, 0) is 69.4 Å². The predicted molar refractivity (Wildman–Crippen MR) is 149 cm³/mol. The molecular weight excluding hydrogens is 481 g/mol. The van der Waals surface area contributed by atoms with Crippen LogP contribution in [0.2, 0.25) is 0 Å². The molecule has 1 aliphatic heterocycles. The van der Waals surface area contributed by atoms with Gasteiger partial charge in [0.1, 0.15) is 12.4 Å². The minimum Gasteiger partial charge on any atom is -0.485 e. The van der Waals surface area contributed by atoms with E-state index >= 15 is 0 Å². The Balaban J connectivity index is 1.75. The highest BCUT2D eigenvalue weighted by atomic mass is 19.1. The van der Waals surface area contributed by atoms with Gasteiger partial charge in [-0.25, -0.2) is 14.4 Å². The van der Waals surface area contributed by atoms with Crippen molar-refractivity contribution in [3.63, 3.8) is 0 Å². The van der Waals surface area contributed by atoms with Crippen molar-refractivity contribution in [2.75, 3.05) is 31.1 Å². The van der Waals surface area contributed by atoms with Gasteiger partial charge in [0.15, 0.2) is 17.4 Å². The fourth-order valence-electron chi connectivity index (χ4n) is 5.32. The number of nitrogens with zero attached hydrogens (tertiary/aromatic N) is 4. The van der Waals surface area contributed by atoms with Crippen molar-refractivity contribution in [2.45, 2.75) is 60.6 Å². The summed E-state index contributed by atoms with van der Waals surface area (Å²) in [5.41, 5.74) is 12.2. The molecule has 1 aromatic heterocycles. The molecule has 1 unspecified atom stereocenters. The molecule has 1 amide bonds. The highest BCUT2D eigenvalue weighted by Gasteiger charge is 2.29. The van der Waals surface area contributed by atoms with E-state index in [9.17, 15) is 9.18 Å². The third kappa shape index (κ3) is 5.65. The number of aromatic nitrogens is 2. The van der Waals surface area contributed by atoms with Crippen LogP contribution < -0.4 is 15.4 Å². The highest BCUT2D eigenvalue weighted by molar-refractivity contribution is 5.76. The van der Waals surface area contributed by atoms with Gasteiger partial charge >= 0.3 is 0 Å². The summed E-state index contributed by atoms with van der Waals surface area (Å²) < 4.78 is 20.9. The van der Waals surface area contributed by atoms with E-state index in [1.165, 1.54) is 6.07 Å². The van der Waals surface area contributed by atoms with Crippen LogP contribution in [0.5, 0.6) is 5.75 Å². The van der Waals surface area contributed by atoms with E-state index in [1.54, 1.807) is 0 Å². The SMILES string of the molecule is CCc1ccc(F)c(OCc2c(C)nc(-c3c(C)cccc3C)nc2N2CCN(CC(N)=O)C(C)C2)c1C. The second-order valence-corrected chi connectivity index (χ2v) is 10.2. The third-order valence-corrected chi connectivity index (χ3v) is 7.53. The molecule has 0 radical (unpaired) electrons. The number of halogens is 1. The molecule has 1 fully saturated rings. The summed E-state index contributed by atoms with van der Waals surface area (Å²) in [6.45, 7) is 14.5. The summed E-state index contributed by atoms with van der Waals surface area (Å²) in [4.78, 5) is 25.8. The number of hydrogen-bond donors (Lipinski definition) is 1. The summed E-state index contributed by atoms with van der Waals surface area (Å²) in [5.74, 6) is 1.01. The number of aryl methyl sites for hydroxylation is 4. The van der Waals surface area contributed by atoms with Crippen LogP contribution in [0.15, 0.2) is 30.3 Å². The molecule has 2 heterocycles. The topological polar surface area (TPSA) is 84.6 Å². The summed E-state index contributed by atoms with van der Waals surface area (Å²) in [6, 6.07) is 9.54. The predicted octanol–water partition coefficient (Wildman–Crippen LogP) is 4.65. The molecule has 1 aliphatic rings. The van der Waals surface area contributed by atoms with Gasteiger partial charge in [0, 0.05) is 31.2 Å². The number of carbonyl (C=O) groups excluding carboxylic acids is 1. The van der Waals surface area contributed by atoms with Gasteiger partial charge in [-0.2, -0.15) is 0 Å². The molecule has 0 aliphatic carbocycles. The van der Waals surface area contributed by atoms with Crippen molar-refractivity contribution in [3.8, 4) is 17.1 Å². The van der Waals surface area contributed by atoms with Gasteiger partial charge in [-0.1, -0.05) is 31.2 Å². The van der Waals surface area contributed by atoms with E-state index in [-0.39, 0.29) is 36.7 Å².